The quantitative estimate of drug-likeness (QED) is 0.743. The number of aromatic nitrogens is 3. The third kappa shape index (κ3) is 3.41. The molecule has 29 heavy (non-hydrogen) atoms. The number of nitrogens with one attached hydrogen (secondary N) is 1. The molecule has 1 amide bonds. The number of aromatic amines is 1. The molecule has 7 nitrogen and oxygen atoms in total. The summed E-state index contributed by atoms with van der Waals surface area (Å²) in [5, 5.41) is 7.79. The third-order valence-electron chi connectivity index (χ3n) is 6.08. The number of hydrogen-bond donors (Lipinski definition) is 1. The maximum Gasteiger partial charge on any atom is 0.254 e. The lowest BCUT2D eigenvalue weighted by atomic mass is 10.0. The number of fused-ring (bicyclic) bond motifs is 1. The predicted molar refractivity (Wildman–Crippen MR) is 111 cm³/mol. The molecule has 0 spiro atoms. The Bertz CT molecular complexity index is 1030. The number of morpholine rings is 1. The molecule has 5 rings (SSSR count). The lowest BCUT2D eigenvalue weighted by Gasteiger charge is -2.32. The Kier molecular flexibility index (Phi) is 4.77. The Morgan fingerprint density at radius 3 is 2.90 bits per heavy atom. The van der Waals surface area contributed by atoms with Crippen LogP contribution in [0.4, 0.5) is 0 Å². The Morgan fingerprint density at radius 2 is 2.10 bits per heavy atom. The average Bonchev–Trinajstić information content (AvgIpc) is 3.46. The van der Waals surface area contributed by atoms with E-state index in [0.29, 0.717) is 6.04 Å². The smallest absolute Gasteiger partial charge is 0.254 e. The van der Waals surface area contributed by atoms with Crippen LogP contribution in [-0.2, 0) is 4.74 Å². The number of rotatable bonds is 3. The van der Waals surface area contributed by atoms with Gasteiger partial charge in [0.1, 0.15) is 0 Å². The topological polar surface area (TPSA) is 74.3 Å². The molecular weight excluding hydrogens is 366 g/mol. The number of nitrogens with zero attached hydrogens (tertiary/aromatic N) is 4. The molecule has 2 fully saturated rings. The second kappa shape index (κ2) is 7.57. The van der Waals surface area contributed by atoms with E-state index >= 15 is 0 Å². The highest BCUT2D eigenvalue weighted by Crippen LogP contribution is 2.28. The molecule has 1 atom stereocenters. The predicted octanol–water partition coefficient (Wildman–Crippen LogP) is 2.48. The van der Waals surface area contributed by atoms with Crippen molar-refractivity contribution < 1.29 is 9.53 Å². The van der Waals surface area contributed by atoms with Crippen molar-refractivity contribution in [1.29, 1.82) is 0 Å². The maximum atomic E-state index is 13.6. The summed E-state index contributed by atoms with van der Waals surface area (Å²) >= 11 is 0. The van der Waals surface area contributed by atoms with Crippen LogP contribution in [0.5, 0.6) is 0 Å². The molecular formula is C22H25N5O2. The summed E-state index contributed by atoms with van der Waals surface area (Å²) in [6, 6.07) is 8.36. The van der Waals surface area contributed by atoms with Crippen LogP contribution in [0.15, 0.2) is 36.7 Å². The van der Waals surface area contributed by atoms with Crippen molar-refractivity contribution in [2.75, 3.05) is 39.4 Å². The number of pyridine rings is 1. The van der Waals surface area contributed by atoms with Crippen LogP contribution in [0.25, 0.3) is 22.2 Å². The van der Waals surface area contributed by atoms with Crippen LogP contribution in [0, 0.1) is 6.92 Å². The lowest BCUT2D eigenvalue weighted by molar-refractivity contribution is 0.0185. The van der Waals surface area contributed by atoms with E-state index in [9.17, 15) is 4.79 Å². The number of carbonyl (C=O) groups is 1. The molecule has 0 radical (unpaired) electrons. The third-order valence-corrected chi connectivity index (χ3v) is 6.08. The zero-order chi connectivity index (χ0) is 19.8. The van der Waals surface area contributed by atoms with Crippen LogP contribution >= 0.6 is 0 Å². The van der Waals surface area contributed by atoms with E-state index in [1.807, 2.05) is 42.3 Å². The largest absolute Gasteiger partial charge is 0.379 e. The van der Waals surface area contributed by atoms with Crippen molar-refractivity contribution in [3.8, 4) is 11.3 Å². The van der Waals surface area contributed by atoms with Crippen molar-refractivity contribution in [3.63, 3.8) is 0 Å². The van der Waals surface area contributed by atoms with Gasteiger partial charge in [0.05, 0.1) is 36.2 Å². The van der Waals surface area contributed by atoms with Crippen LogP contribution in [0.2, 0.25) is 0 Å². The van der Waals surface area contributed by atoms with E-state index in [1.54, 1.807) is 6.20 Å². The van der Waals surface area contributed by atoms with E-state index in [1.165, 1.54) is 0 Å². The summed E-state index contributed by atoms with van der Waals surface area (Å²) < 4.78 is 5.47. The van der Waals surface area contributed by atoms with E-state index < -0.39 is 0 Å². The first-order valence-corrected chi connectivity index (χ1v) is 10.2. The molecule has 0 saturated carbocycles. The number of benzene rings is 1. The molecule has 1 unspecified atom stereocenters. The number of aryl methyl sites for hydroxylation is 1. The van der Waals surface area contributed by atoms with Gasteiger partial charge >= 0.3 is 0 Å². The number of likely N-dealkylation sites (tertiary alicyclic amines) is 1. The Hall–Kier alpha value is -2.77. The zero-order valence-corrected chi connectivity index (χ0v) is 16.6. The molecule has 0 bridgehead atoms. The number of amides is 1. The summed E-state index contributed by atoms with van der Waals surface area (Å²) in [6.45, 7) is 7.07. The fraction of sp³-hybridized carbons (Fsp3) is 0.409. The van der Waals surface area contributed by atoms with E-state index in [4.69, 9.17) is 9.72 Å². The molecule has 2 saturated heterocycles. The van der Waals surface area contributed by atoms with Gasteiger partial charge in [-0.2, -0.15) is 5.10 Å². The summed E-state index contributed by atoms with van der Waals surface area (Å²) in [4.78, 5) is 22.8. The summed E-state index contributed by atoms with van der Waals surface area (Å²) in [6.07, 6.45) is 4.57. The van der Waals surface area contributed by atoms with Gasteiger partial charge in [0.15, 0.2) is 0 Å². The molecule has 2 aliphatic heterocycles. The highest BCUT2D eigenvalue weighted by Gasteiger charge is 2.32. The SMILES string of the molecule is Cc1cccc2c(C(=O)N3CCC(N4CCOCC4)C3)cc(-c3cn[nH]c3)nc12. The molecule has 4 heterocycles. The van der Waals surface area contributed by atoms with Crippen molar-refractivity contribution >= 4 is 16.8 Å². The second-order valence-corrected chi connectivity index (χ2v) is 7.86. The zero-order valence-electron chi connectivity index (χ0n) is 16.6. The van der Waals surface area contributed by atoms with Crippen molar-refractivity contribution in [2.24, 2.45) is 0 Å². The molecule has 7 heteroatoms. The fourth-order valence-electron chi connectivity index (χ4n) is 4.44. The summed E-state index contributed by atoms with van der Waals surface area (Å²) in [5.74, 6) is 0.0866. The minimum atomic E-state index is 0.0866. The number of carbonyl (C=O) groups excluding carboxylic acids is 1. The van der Waals surface area contributed by atoms with E-state index in [2.05, 4.69) is 15.1 Å². The monoisotopic (exact) mass is 391 g/mol. The van der Waals surface area contributed by atoms with Gasteiger partial charge in [0.2, 0.25) is 0 Å². The maximum absolute atomic E-state index is 13.6. The number of H-pyrrole nitrogens is 1. The Balaban J connectivity index is 1.49. The average molecular weight is 391 g/mol. The Labute approximate surface area is 169 Å². The van der Waals surface area contributed by atoms with Gasteiger partial charge in [-0.1, -0.05) is 18.2 Å². The number of para-hydroxylation sites is 1. The molecule has 3 aromatic rings. The van der Waals surface area contributed by atoms with Gasteiger partial charge < -0.3 is 9.64 Å². The molecule has 0 aliphatic carbocycles. The molecule has 1 N–H and O–H groups in total. The van der Waals surface area contributed by atoms with E-state index in [-0.39, 0.29) is 5.91 Å². The molecule has 150 valence electrons. The highest BCUT2D eigenvalue weighted by atomic mass is 16.5. The van der Waals surface area contributed by atoms with Crippen LogP contribution in [0.3, 0.4) is 0 Å². The van der Waals surface area contributed by atoms with Gasteiger partial charge in [-0.05, 0) is 25.0 Å². The summed E-state index contributed by atoms with van der Waals surface area (Å²) in [5.41, 5.74) is 4.31. The summed E-state index contributed by atoms with van der Waals surface area (Å²) in [7, 11) is 0. The van der Waals surface area contributed by atoms with Gasteiger partial charge in [0, 0.05) is 49.4 Å². The minimum absolute atomic E-state index is 0.0866. The first-order valence-electron chi connectivity index (χ1n) is 10.2. The highest BCUT2D eigenvalue weighted by molar-refractivity contribution is 6.07. The van der Waals surface area contributed by atoms with Crippen molar-refractivity contribution in [2.45, 2.75) is 19.4 Å². The minimum Gasteiger partial charge on any atom is -0.379 e. The standard InChI is InChI=1S/C22H25N5O2/c1-15-3-2-4-18-19(11-20(25-21(15)18)16-12-23-24-13-16)22(28)27-6-5-17(14-27)26-7-9-29-10-8-26/h2-4,11-13,17H,5-10,14H2,1H3,(H,23,24). The Morgan fingerprint density at radius 1 is 1.24 bits per heavy atom. The second-order valence-electron chi connectivity index (χ2n) is 7.86. The van der Waals surface area contributed by atoms with Gasteiger partial charge in [-0.15, -0.1) is 0 Å². The van der Waals surface area contributed by atoms with Crippen LogP contribution < -0.4 is 0 Å². The van der Waals surface area contributed by atoms with Crippen LogP contribution in [-0.4, -0.2) is 76.3 Å². The molecule has 1 aromatic carbocycles. The normalized spacial score (nSPS) is 20.4. The molecule has 2 aliphatic rings. The van der Waals surface area contributed by atoms with Gasteiger partial charge in [-0.25, -0.2) is 4.98 Å². The van der Waals surface area contributed by atoms with Crippen LogP contribution in [0.1, 0.15) is 22.3 Å². The van der Waals surface area contributed by atoms with E-state index in [0.717, 1.165) is 79.1 Å². The number of ether oxygens (including phenoxy) is 1. The first-order chi connectivity index (χ1) is 14.2. The number of hydrogen-bond acceptors (Lipinski definition) is 5. The molecule has 2 aromatic heterocycles. The first kappa shape index (κ1) is 18.3. The fourth-order valence-corrected chi connectivity index (χ4v) is 4.44. The van der Waals surface area contributed by atoms with Gasteiger partial charge in [-0.3, -0.25) is 14.8 Å². The van der Waals surface area contributed by atoms with Crippen molar-refractivity contribution in [1.82, 2.24) is 25.0 Å². The van der Waals surface area contributed by atoms with Crippen molar-refractivity contribution in [3.05, 3.63) is 47.8 Å². The lowest BCUT2D eigenvalue weighted by Crippen LogP contribution is -2.45. The van der Waals surface area contributed by atoms with Gasteiger partial charge in [0.25, 0.3) is 5.91 Å².